The number of anilines is 1. The minimum Gasteiger partial charge on any atom is -0.297 e. The number of rotatable bonds is 3. The van der Waals surface area contributed by atoms with Crippen molar-refractivity contribution in [1.82, 2.24) is 5.43 Å². The highest BCUT2D eigenvalue weighted by molar-refractivity contribution is 6.43. The van der Waals surface area contributed by atoms with Crippen LogP contribution in [0.15, 0.2) is 29.8 Å². The summed E-state index contributed by atoms with van der Waals surface area (Å²) in [6.07, 6.45) is 1.48. The molecular weight excluding hydrogens is 247 g/mol. The summed E-state index contributed by atoms with van der Waals surface area (Å²) >= 11 is 11.7. The molecule has 1 aromatic rings. The van der Waals surface area contributed by atoms with Crippen LogP contribution in [-0.2, 0) is 4.79 Å². The van der Waals surface area contributed by atoms with Crippen molar-refractivity contribution in [3.8, 4) is 0 Å². The van der Waals surface area contributed by atoms with Crippen molar-refractivity contribution < 1.29 is 4.79 Å². The number of hydrogen-bond acceptors (Lipinski definition) is 2. The molecule has 86 valence electrons. The largest absolute Gasteiger partial charge is 0.297 e. The highest BCUT2D eigenvalue weighted by Crippen LogP contribution is 2.28. The summed E-state index contributed by atoms with van der Waals surface area (Å²) in [5.41, 5.74) is 6.66. The molecule has 1 aromatic carbocycles. The molecule has 0 radical (unpaired) electrons. The Morgan fingerprint density at radius 3 is 2.62 bits per heavy atom. The Hall–Kier alpha value is -1.19. The molecule has 0 aliphatic rings. The van der Waals surface area contributed by atoms with Gasteiger partial charge in [0.1, 0.15) is 0 Å². The highest BCUT2D eigenvalue weighted by atomic mass is 35.5. The van der Waals surface area contributed by atoms with Gasteiger partial charge in [-0.3, -0.25) is 15.6 Å². The normalized spacial score (nSPS) is 9.50. The summed E-state index contributed by atoms with van der Waals surface area (Å²) in [5.74, 6) is -0.240. The SMILES string of the molecule is CC(C)=CC(=O)NNc1cccc(Cl)c1Cl. The lowest BCUT2D eigenvalue weighted by Gasteiger charge is -2.09. The maximum absolute atomic E-state index is 11.3. The van der Waals surface area contributed by atoms with E-state index in [9.17, 15) is 4.79 Å². The van der Waals surface area contributed by atoms with Crippen LogP contribution in [0.25, 0.3) is 0 Å². The van der Waals surface area contributed by atoms with Crippen LogP contribution in [0, 0.1) is 0 Å². The lowest BCUT2D eigenvalue weighted by Crippen LogP contribution is -2.27. The van der Waals surface area contributed by atoms with Gasteiger partial charge in [0.25, 0.3) is 5.91 Å². The molecular formula is C11H12Cl2N2O. The molecule has 0 atom stereocenters. The van der Waals surface area contributed by atoms with Crippen molar-refractivity contribution in [3.63, 3.8) is 0 Å². The van der Waals surface area contributed by atoms with Crippen molar-refractivity contribution >= 4 is 34.8 Å². The van der Waals surface area contributed by atoms with E-state index in [4.69, 9.17) is 23.2 Å². The first-order valence-electron chi connectivity index (χ1n) is 4.65. The molecule has 3 nitrogen and oxygen atoms in total. The van der Waals surface area contributed by atoms with Gasteiger partial charge in [-0.25, -0.2) is 0 Å². The molecule has 0 heterocycles. The van der Waals surface area contributed by atoms with Crippen molar-refractivity contribution in [2.75, 3.05) is 5.43 Å². The molecule has 1 amide bonds. The molecule has 0 spiro atoms. The second-order valence-electron chi connectivity index (χ2n) is 3.44. The van der Waals surface area contributed by atoms with Gasteiger partial charge in [0.2, 0.25) is 0 Å². The summed E-state index contributed by atoms with van der Waals surface area (Å²) < 4.78 is 0. The highest BCUT2D eigenvalue weighted by Gasteiger charge is 2.04. The Morgan fingerprint density at radius 1 is 1.31 bits per heavy atom. The fourth-order valence-corrected chi connectivity index (χ4v) is 1.38. The van der Waals surface area contributed by atoms with Gasteiger partial charge < -0.3 is 0 Å². The zero-order valence-electron chi connectivity index (χ0n) is 8.97. The molecule has 0 saturated carbocycles. The summed E-state index contributed by atoms with van der Waals surface area (Å²) in [6, 6.07) is 5.13. The molecule has 5 heteroatoms. The Morgan fingerprint density at radius 2 is 2.00 bits per heavy atom. The van der Waals surface area contributed by atoms with Gasteiger partial charge in [-0.2, -0.15) is 0 Å². The molecule has 0 fully saturated rings. The van der Waals surface area contributed by atoms with Crippen molar-refractivity contribution in [1.29, 1.82) is 0 Å². The van der Waals surface area contributed by atoms with Crippen LogP contribution >= 0.6 is 23.2 Å². The van der Waals surface area contributed by atoms with Crippen LogP contribution in [-0.4, -0.2) is 5.91 Å². The number of hydrogen-bond donors (Lipinski definition) is 2. The molecule has 1 rings (SSSR count). The van der Waals surface area contributed by atoms with E-state index in [1.165, 1.54) is 6.08 Å². The number of nitrogens with one attached hydrogen (secondary N) is 2. The molecule has 16 heavy (non-hydrogen) atoms. The van der Waals surface area contributed by atoms with E-state index in [1.54, 1.807) is 18.2 Å². The van der Waals surface area contributed by atoms with E-state index < -0.39 is 0 Å². The molecule has 2 N–H and O–H groups in total. The third kappa shape index (κ3) is 3.76. The first kappa shape index (κ1) is 12.9. The number of carbonyl (C=O) groups excluding carboxylic acids is 1. The van der Waals surface area contributed by atoms with E-state index >= 15 is 0 Å². The predicted molar refractivity (Wildman–Crippen MR) is 67.7 cm³/mol. The monoisotopic (exact) mass is 258 g/mol. The van der Waals surface area contributed by atoms with Crippen molar-refractivity contribution in [2.24, 2.45) is 0 Å². The Bertz CT molecular complexity index is 426. The number of halogens is 2. The fourth-order valence-electron chi connectivity index (χ4n) is 1.03. The van der Waals surface area contributed by atoms with E-state index in [-0.39, 0.29) is 5.91 Å². The van der Waals surface area contributed by atoms with Gasteiger partial charge in [-0.1, -0.05) is 34.8 Å². The summed E-state index contributed by atoms with van der Waals surface area (Å²) in [7, 11) is 0. The van der Waals surface area contributed by atoms with Crippen LogP contribution in [0.4, 0.5) is 5.69 Å². The van der Waals surface area contributed by atoms with Crippen LogP contribution in [0.1, 0.15) is 13.8 Å². The second-order valence-corrected chi connectivity index (χ2v) is 4.22. The van der Waals surface area contributed by atoms with E-state index in [0.29, 0.717) is 15.7 Å². The van der Waals surface area contributed by atoms with Crippen LogP contribution < -0.4 is 10.9 Å². The minimum absolute atomic E-state index is 0.240. The molecule has 0 bridgehead atoms. The van der Waals surface area contributed by atoms with Gasteiger partial charge in [0.15, 0.2) is 0 Å². The number of allylic oxidation sites excluding steroid dienone is 1. The first-order valence-corrected chi connectivity index (χ1v) is 5.41. The zero-order chi connectivity index (χ0) is 12.1. The summed E-state index contributed by atoms with van der Waals surface area (Å²) in [6.45, 7) is 3.68. The zero-order valence-corrected chi connectivity index (χ0v) is 10.5. The van der Waals surface area contributed by atoms with E-state index in [0.717, 1.165) is 5.57 Å². The Balaban J connectivity index is 2.65. The Kier molecular flexibility index (Phi) is 4.65. The van der Waals surface area contributed by atoms with Crippen LogP contribution in [0.2, 0.25) is 10.0 Å². The maximum Gasteiger partial charge on any atom is 0.262 e. The lowest BCUT2D eigenvalue weighted by molar-refractivity contribution is -0.116. The van der Waals surface area contributed by atoms with Crippen molar-refractivity contribution in [3.05, 3.63) is 39.9 Å². The summed E-state index contributed by atoms with van der Waals surface area (Å²) in [5, 5.41) is 0.810. The second kappa shape index (κ2) is 5.77. The molecule has 0 aliphatic carbocycles. The van der Waals surface area contributed by atoms with Crippen LogP contribution in [0.5, 0.6) is 0 Å². The molecule has 0 aromatic heterocycles. The standard InChI is InChI=1S/C11H12Cl2N2O/c1-7(2)6-10(16)15-14-9-5-3-4-8(12)11(9)13/h3-6,14H,1-2H3,(H,15,16). The van der Waals surface area contributed by atoms with Gasteiger partial charge in [0.05, 0.1) is 15.7 Å². The Labute approximate surface area is 104 Å². The van der Waals surface area contributed by atoms with Gasteiger partial charge in [-0.15, -0.1) is 0 Å². The third-order valence-electron chi connectivity index (χ3n) is 1.69. The van der Waals surface area contributed by atoms with Crippen molar-refractivity contribution in [2.45, 2.75) is 13.8 Å². The maximum atomic E-state index is 11.3. The smallest absolute Gasteiger partial charge is 0.262 e. The lowest BCUT2D eigenvalue weighted by atomic mass is 10.3. The molecule has 0 aliphatic heterocycles. The number of carbonyl (C=O) groups is 1. The van der Waals surface area contributed by atoms with Gasteiger partial charge >= 0.3 is 0 Å². The van der Waals surface area contributed by atoms with Crippen LogP contribution in [0.3, 0.4) is 0 Å². The van der Waals surface area contributed by atoms with Gasteiger partial charge in [-0.05, 0) is 26.0 Å². The minimum atomic E-state index is -0.240. The average Bonchev–Trinajstić information content (AvgIpc) is 2.19. The third-order valence-corrected chi connectivity index (χ3v) is 2.51. The topological polar surface area (TPSA) is 41.1 Å². The van der Waals surface area contributed by atoms with E-state index in [1.807, 2.05) is 13.8 Å². The first-order chi connectivity index (χ1) is 7.50. The predicted octanol–water partition coefficient (Wildman–Crippen LogP) is 3.40. The molecule has 0 unspecified atom stereocenters. The molecule has 0 saturated heterocycles. The summed E-state index contributed by atoms with van der Waals surface area (Å²) in [4.78, 5) is 11.3. The fraction of sp³-hybridized carbons (Fsp3) is 0.182. The number of hydrazine groups is 1. The number of amides is 1. The van der Waals surface area contributed by atoms with E-state index in [2.05, 4.69) is 10.9 Å². The number of benzene rings is 1. The average molecular weight is 259 g/mol. The van der Waals surface area contributed by atoms with Gasteiger partial charge in [0, 0.05) is 6.08 Å². The quantitative estimate of drug-likeness (QED) is 0.645.